The quantitative estimate of drug-likeness (QED) is 0.815. The Labute approximate surface area is 127 Å². The van der Waals surface area contributed by atoms with Crippen molar-refractivity contribution in [3.05, 3.63) is 34.3 Å². The summed E-state index contributed by atoms with van der Waals surface area (Å²) in [4.78, 5) is 35.4. The van der Waals surface area contributed by atoms with Crippen molar-refractivity contribution in [3.8, 4) is 0 Å². The number of nitrogens with zero attached hydrogens (tertiary/aromatic N) is 1. The molecule has 1 N–H and O–H groups in total. The van der Waals surface area contributed by atoms with E-state index in [0.29, 0.717) is 17.5 Å². The zero-order valence-corrected chi connectivity index (χ0v) is 12.8. The molecule has 22 heavy (non-hydrogen) atoms. The molecular formula is C16H18N2O4. The second kappa shape index (κ2) is 4.83. The molecular weight excluding hydrogens is 284 g/mol. The minimum atomic E-state index is -0.702. The smallest absolute Gasteiger partial charge is 0.408 e. The lowest BCUT2D eigenvalue weighted by Gasteiger charge is -2.22. The molecule has 0 aliphatic carbocycles. The summed E-state index contributed by atoms with van der Waals surface area (Å²) in [5.74, 6) is -1.34. The lowest BCUT2D eigenvalue weighted by Crippen LogP contribution is -2.43. The van der Waals surface area contributed by atoms with Crippen LogP contribution in [0.1, 0.15) is 45.2 Å². The molecule has 1 fully saturated rings. The summed E-state index contributed by atoms with van der Waals surface area (Å²) in [5.41, 5.74) is 2.02. The Bertz CT molecular complexity index is 823. The highest BCUT2D eigenvalue weighted by Gasteiger charge is 2.31. The molecule has 1 aliphatic rings. The zero-order chi connectivity index (χ0) is 16.1. The third-order valence-electron chi connectivity index (χ3n) is 4.00. The number of oxazole rings is 1. The fraction of sp³-hybridized carbons (Fsp3) is 0.438. The van der Waals surface area contributed by atoms with Crippen LogP contribution in [0.4, 0.5) is 0 Å². The number of imide groups is 1. The molecule has 116 valence electrons. The van der Waals surface area contributed by atoms with Crippen molar-refractivity contribution >= 4 is 22.9 Å². The Morgan fingerprint density at radius 3 is 2.59 bits per heavy atom. The molecule has 1 atom stereocenters. The van der Waals surface area contributed by atoms with Gasteiger partial charge in [0.05, 0.1) is 5.52 Å². The van der Waals surface area contributed by atoms with Crippen LogP contribution in [-0.4, -0.2) is 16.4 Å². The average molecular weight is 302 g/mol. The number of rotatable bonds is 1. The second-order valence-corrected chi connectivity index (χ2v) is 6.64. The van der Waals surface area contributed by atoms with Gasteiger partial charge in [0.1, 0.15) is 6.04 Å². The number of hydrogen-bond donors (Lipinski definition) is 1. The number of aromatic nitrogens is 1. The first kappa shape index (κ1) is 14.6. The standard InChI is InChI=1S/C16H18N2O4/c1-16(2,3)9-4-5-10-12(8-9)22-15(21)18(10)11-6-7-13(19)17-14(11)20/h4-5,8,11H,6-7H2,1-3H3,(H,17,19,20)/t11-/m0/s1. The van der Waals surface area contributed by atoms with E-state index < -0.39 is 17.7 Å². The summed E-state index contributed by atoms with van der Waals surface area (Å²) in [7, 11) is 0. The van der Waals surface area contributed by atoms with Crippen LogP contribution in [-0.2, 0) is 15.0 Å². The van der Waals surface area contributed by atoms with Crippen molar-refractivity contribution in [2.24, 2.45) is 0 Å². The third-order valence-corrected chi connectivity index (χ3v) is 4.00. The fourth-order valence-electron chi connectivity index (χ4n) is 2.73. The molecule has 1 aromatic heterocycles. The topological polar surface area (TPSA) is 81.3 Å². The van der Waals surface area contributed by atoms with Crippen LogP contribution in [0.25, 0.3) is 11.1 Å². The van der Waals surface area contributed by atoms with E-state index in [4.69, 9.17) is 4.42 Å². The van der Waals surface area contributed by atoms with Gasteiger partial charge in [0.25, 0.3) is 0 Å². The normalized spacial score (nSPS) is 19.5. The minimum absolute atomic E-state index is 0.0660. The predicted molar refractivity (Wildman–Crippen MR) is 80.6 cm³/mol. The summed E-state index contributed by atoms with van der Waals surface area (Å²) in [6.45, 7) is 6.22. The average Bonchev–Trinajstić information content (AvgIpc) is 2.73. The number of nitrogens with one attached hydrogen (secondary N) is 1. The number of benzene rings is 1. The Morgan fingerprint density at radius 1 is 1.23 bits per heavy atom. The highest BCUT2D eigenvalue weighted by molar-refractivity contribution is 6.00. The summed E-state index contributed by atoms with van der Waals surface area (Å²) < 4.78 is 6.64. The van der Waals surface area contributed by atoms with Crippen LogP contribution in [0.3, 0.4) is 0 Å². The number of piperidine rings is 1. The van der Waals surface area contributed by atoms with Gasteiger partial charge in [0, 0.05) is 6.42 Å². The maximum atomic E-state index is 12.2. The molecule has 1 aliphatic heterocycles. The van der Waals surface area contributed by atoms with Gasteiger partial charge in [-0.3, -0.25) is 19.5 Å². The molecule has 3 rings (SSSR count). The Balaban J connectivity index is 2.11. The van der Waals surface area contributed by atoms with Gasteiger partial charge in [-0.15, -0.1) is 0 Å². The number of carbonyl (C=O) groups is 2. The number of hydrogen-bond acceptors (Lipinski definition) is 4. The molecule has 0 radical (unpaired) electrons. The van der Waals surface area contributed by atoms with Crippen LogP contribution < -0.4 is 11.1 Å². The van der Waals surface area contributed by atoms with Crippen LogP contribution in [0, 0.1) is 0 Å². The molecule has 0 bridgehead atoms. The molecule has 6 nitrogen and oxygen atoms in total. The molecule has 1 saturated heterocycles. The van der Waals surface area contributed by atoms with Crippen molar-refractivity contribution in [1.29, 1.82) is 0 Å². The van der Waals surface area contributed by atoms with E-state index in [9.17, 15) is 14.4 Å². The molecule has 2 aromatic rings. The SMILES string of the molecule is CC(C)(C)c1ccc2c(c1)oc(=O)n2[C@H]1CCC(=O)NC1=O. The zero-order valence-electron chi connectivity index (χ0n) is 12.8. The van der Waals surface area contributed by atoms with Gasteiger partial charge in [-0.2, -0.15) is 0 Å². The van der Waals surface area contributed by atoms with Gasteiger partial charge in [-0.05, 0) is 29.5 Å². The lowest BCUT2D eigenvalue weighted by atomic mass is 9.87. The van der Waals surface area contributed by atoms with Crippen LogP contribution in [0.5, 0.6) is 0 Å². The van der Waals surface area contributed by atoms with Crippen molar-refractivity contribution in [2.75, 3.05) is 0 Å². The maximum absolute atomic E-state index is 12.2. The van der Waals surface area contributed by atoms with E-state index in [1.165, 1.54) is 4.57 Å². The minimum Gasteiger partial charge on any atom is -0.408 e. The van der Waals surface area contributed by atoms with E-state index in [2.05, 4.69) is 26.1 Å². The molecule has 2 heterocycles. The van der Waals surface area contributed by atoms with Gasteiger partial charge in [-0.1, -0.05) is 26.8 Å². The molecule has 0 unspecified atom stereocenters. The van der Waals surface area contributed by atoms with E-state index in [0.717, 1.165) is 5.56 Å². The Kier molecular flexibility index (Phi) is 3.20. The Hall–Kier alpha value is -2.37. The molecule has 0 saturated carbocycles. The van der Waals surface area contributed by atoms with Crippen LogP contribution >= 0.6 is 0 Å². The Morgan fingerprint density at radius 2 is 1.95 bits per heavy atom. The number of carbonyl (C=O) groups excluding carboxylic acids is 2. The monoisotopic (exact) mass is 302 g/mol. The van der Waals surface area contributed by atoms with Gasteiger partial charge >= 0.3 is 5.76 Å². The van der Waals surface area contributed by atoms with Gasteiger partial charge in [0.15, 0.2) is 5.58 Å². The van der Waals surface area contributed by atoms with Crippen molar-refractivity contribution in [1.82, 2.24) is 9.88 Å². The number of fused-ring (bicyclic) bond motifs is 1. The van der Waals surface area contributed by atoms with E-state index in [1.54, 1.807) is 6.07 Å². The van der Waals surface area contributed by atoms with Crippen molar-refractivity contribution in [3.63, 3.8) is 0 Å². The van der Waals surface area contributed by atoms with Gasteiger partial charge in [-0.25, -0.2) is 4.79 Å². The summed E-state index contributed by atoms with van der Waals surface area (Å²) in [6, 6.07) is 4.86. The molecule has 1 aromatic carbocycles. The molecule has 2 amide bonds. The first-order chi connectivity index (χ1) is 10.3. The second-order valence-electron chi connectivity index (χ2n) is 6.64. The van der Waals surface area contributed by atoms with Gasteiger partial charge in [0.2, 0.25) is 11.8 Å². The van der Waals surface area contributed by atoms with E-state index >= 15 is 0 Å². The largest absolute Gasteiger partial charge is 0.420 e. The molecule has 0 spiro atoms. The van der Waals surface area contributed by atoms with E-state index in [-0.39, 0.29) is 17.7 Å². The first-order valence-electron chi connectivity index (χ1n) is 7.26. The fourth-order valence-corrected chi connectivity index (χ4v) is 2.73. The maximum Gasteiger partial charge on any atom is 0.420 e. The third kappa shape index (κ3) is 2.34. The van der Waals surface area contributed by atoms with E-state index in [1.807, 2.05) is 12.1 Å². The number of amides is 2. The predicted octanol–water partition coefficient (Wildman–Crippen LogP) is 1.87. The highest BCUT2D eigenvalue weighted by atomic mass is 16.4. The molecule has 6 heteroatoms. The van der Waals surface area contributed by atoms with Crippen LogP contribution in [0.2, 0.25) is 0 Å². The summed E-state index contributed by atoms with van der Waals surface area (Å²) in [6.07, 6.45) is 0.524. The summed E-state index contributed by atoms with van der Waals surface area (Å²) in [5, 5.41) is 2.27. The van der Waals surface area contributed by atoms with Crippen molar-refractivity contribution in [2.45, 2.75) is 45.1 Å². The van der Waals surface area contributed by atoms with Crippen molar-refractivity contribution < 1.29 is 14.0 Å². The van der Waals surface area contributed by atoms with Crippen LogP contribution in [0.15, 0.2) is 27.4 Å². The lowest BCUT2D eigenvalue weighted by molar-refractivity contribution is -0.135. The first-order valence-corrected chi connectivity index (χ1v) is 7.26. The summed E-state index contributed by atoms with van der Waals surface area (Å²) >= 11 is 0. The van der Waals surface area contributed by atoms with Gasteiger partial charge < -0.3 is 4.42 Å². The highest BCUT2D eigenvalue weighted by Crippen LogP contribution is 2.28.